The van der Waals surface area contributed by atoms with E-state index in [0.717, 1.165) is 16.7 Å². The number of nitrogen functional groups attached to an aromatic ring is 1. The number of pyridine rings is 1. The molecule has 2 rings (SSSR count). The molecular formula is C15H17N3O2S. The molecule has 0 aliphatic heterocycles. The summed E-state index contributed by atoms with van der Waals surface area (Å²) >= 11 is 1.12. The number of carbonyl (C=O) groups is 1. The summed E-state index contributed by atoms with van der Waals surface area (Å²) in [5.41, 5.74) is 6.36. The van der Waals surface area contributed by atoms with Gasteiger partial charge in [-0.05, 0) is 43.0 Å². The number of rotatable bonds is 4. The van der Waals surface area contributed by atoms with E-state index in [1.54, 1.807) is 36.3 Å². The first kappa shape index (κ1) is 15.2. The number of nitrogens with two attached hydrogens (primary N) is 1. The fraction of sp³-hybridized carbons (Fsp3) is 0.200. The number of aromatic nitrogens is 1. The van der Waals surface area contributed by atoms with Crippen LogP contribution in [0.3, 0.4) is 0 Å². The SMILES string of the molecule is CCN(C(=O)Sc1cccc(N)c1)c1cccc(OC)n1. The fourth-order valence-corrected chi connectivity index (χ4v) is 2.66. The Morgan fingerprint density at radius 2 is 2.10 bits per heavy atom. The van der Waals surface area contributed by atoms with Crippen molar-refractivity contribution in [1.29, 1.82) is 0 Å². The van der Waals surface area contributed by atoms with Crippen LogP contribution in [0.4, 0.5) is 16.3 Å². The number of hydrogen-bond acceptors (Lipinski definition) is 5. The van der Waals surface area contributed by atoms with Crippen molar-refractivity contribution in [1.82, 2.24) is 4.98 Å². The molecule has 0 saturated heterocycles. The molecule has 0 aliphatic rings. The van der Waals surface area contributed by atoms with Crippen molar-refractivity contribution < 1.29 is 9.53 Å². The van der Waals surface area contributed by atoms with E-state index < -0.39 is 0 Å². The van der Waals surface area contributed by atoms with Crippen molar-refractivity contribution >= 4 is 28.5 Å². The molecule has 110 valence electrons. The third-order valence-corrected chi connectivity index (χ3v) is 3.68. The van der Waals surface area contributed by atoms with Crippen molar-refractivity contribution in [2.45, 2.75) is 11.8 Å². The van der Waals surface area contributed by atoms with Crippen LogP contribution in [0.15, 0.2) is 47.4 Å². The van der Waals surface area contributed by atoms with E-state index in [1.807, 2.05) is 25.1 Å². The Hall–Kier alpha value is -2.21. The van der Waals surface area contributed by atoms with E-state index in [0.29, 0.717) is 23.9 Å². The second-order valence-electron chi connectivity index (χ2n) is 4.22. The molecule has 0 radical (unpaired) electrons. The third kappa shape index (κ3) is 3.88. The van der Waals surface area contributed by atoms with E-state index in [2.05, 4.69) is 4.98 Å². The van der Waals surface area contributed by atoms with Gasteiger partial charge < -0.3 is 10.5 Å². The second kappa shape index (κ2) is 6.99. The van der Waals surface area contributed by atoms with Crippen molar-refractivity contribution in [3.05, 3.63) is 42.5 Å². The first-order valence-corrected chi connectivity index (χ1v) is 7.31. The third-order valence-electron chi connectivity index (χ3n) is 2.79. The van der Waals surface area contributed by atoms with Crippen molar-refractivity contribution in [2.24, 2.45) is 0 Å². The fourth-order valence-electron chi connectivity index (χ4n) is 1.79. The maximum Gasteiger partial charge on any atom is 0.292 e. The van der Waals surface area contributed by atoms with Crippen molar-refractivity contribution in [3.63, 3.8) is 0 Å². The van der Waals surface area contributed by atoms with Gasteiger partial charge in [0.2, 0.25) is 5.88 Å². The molecule has 1 amide bonds. The van der Waals surface area contributed by atoms with Crippen LogP contribution < -0.4 is 15.4 Å². The van der Waals surface area contributed by atoms with Crippen LogP contribution in [0.2, 0.25) is 0 Å². The molecule has 1 heterocycles. The summed E-state index contributed by atoms with van der Waals surface area (Å²) in [6, 6.07) is 12.6. The number of ether oxygens (including phenoxy) is 1. The summed E-state index contributed by atoms with van der Waals surface area (Å²) in [5.74, 6) is 1.05. The van der Waals surface area contributed by atoms with Crippen LogP contribution in [-0.4, -0.2) is 23.9 Å². The topological polar surface area (TPSA) is 68.5 Å². The van der Waals surface area contributed by atoms with Gasteiger partial charge in [0.15, 0.2) is 0 Å². The Morgan fingerprint density at radius 1 is 1.33 bits per heavy atom. The zero-order valence-electron chi connectivity index (χ0n) is 11.9. The smallest absolute Gasteiger partial charge is 0.292 e. The highest BCUT2D eigenvalue weighted by Crippen LogP contribution is 2.26. The molecule has 0 aliphatic carbocycles. The molecule has 2 aromatic rings. The Morgan fingerprint density at radius 3 is 2.76 bits per heavy atom. The van der Waals surface area contributed by atoms with Gasteiger partial charge in [-0.2, -0.15) is 4.98 Å². The lowest BCUT2D eigenvalue weighted by Crippen LogP contribution is -2.27. The van der Waals surface area contributed by atoms with Gasteiger partial charge in [-0.15, -0.1) is 0 Å². The van der Waals surface area contributed by atoms with Crippen LogP contribution >= 0.6 is 11.8 Å². The predicted molar refractivity (Wildman–Crippen MR) is 85.9 cm³/mol. The molecule has 0 spiro atoms. The number of anilines is 2. The average molecular weight is 303 g/mol. The summed E-state index contributed by atoms with van der Waals surface area (Å²) in [5, 5.41) is -0.108. The molecular weight excluding hydrogens is 286 g/mol. The average Bonchev–Trinajstić information content (AvgIpc) is 2.48. The van der Waals surface area contributed by atoms with Gasteiger partial charge in [0.1, 0.15) is 5.82 Å². The predicted octanol–water partition coefficient (Wildman–Crippen LogP) is 3.41. The summed E-state index contributed by atoms with van der Waals surface area (Å²) in [4.78, 5) is 19.1. The first-order valence-electron chi connectivity index (χ1n) is 6.50. The molecule has 1 aromatic heterocycles. The first-order chi connectivity index (χ1) is 10.1. The zero-order valence-corrected chi connectivity index (χ0v) is 12.8. The molecule has 0 atom stereocenters. The highest BCUT2D eigenvalue weighted by molar-refractivity contribution is 8.14. The minimum absolute atomic E-state index is 0.108. The lowest BCUT2D eigenvalue weighted by Gasteiger charge is -2.19. The van der Waals surface area contributed by atoms with Gasteiger partial charge in [-0.25, -0.2) is 0 Å². The lowest BCUT2D eigenvalue weighted by atomic mass is 10.3. The van der Waals surface area contributed by atoms with Gasteiger partial charge in [-0.3, -0.25) is 9.69 Å². The Labute approximate surface area is 128 Å². The summed E-state index contributed by atoms with van der Waals surface area (Å²) in [6.07, 6.45) is 0. The van der Waals surface area contributed by atoms with Crippen LogP contribution in [0.25, 0.3) is 0 Å². The lowest BCUT2D eigenvalue weighted by molar-refractivity contribution is 0.265. The van der Waals surface area contributed by atoms with Crippen molar-refractivity contribution in [2.75, 3.05) is 24.3 Å². The van der Waals surface area contributed by atoms with Crippen LogP contribution in [0.5, 0.6) is 5.88 Å². The van der Waals surface area contributed by atoms with E-state index in [-0.39, 0.29) is 5.24 Å². The normalized spacial score (nSPS) is 10.2. The molecule has 0 unspecified atom stereocenters. The molecule has 1 aromatic carbocycles. The number of benzene rings is 1. The molecule has 0 bridgehead atoms. The van der Waals surface area contributed by atoms with Crippen molar-refractivity contribution in [3.8, 4) is 5.88 Å². The van der Waals surface area contributed by atoms with Crippen LogP contribution in [0.1, 0.15) is 6.92 Å². The maximum atomic E-state index is 12.4. The number of amides is 1. The van der Waals surface area contributed by atoms with Crippen LogP contribution in [0, 0.1) is 0 Å². The molecule has 0 saturated carbocycles. The largest absolute Gasteiger partial charge is 0.481 e. The Kier molecular flexibility index (Phi) is 5.05. The van der Waals surface area contributed by atoms with Gasteiger partial charge in [0.25, 0.3) is 5.24 Å². The zero-order chi connectivity index (χ0) is 15.2. The summed E-state index contributed by atoms with van der Waals surface area (Å²) in [6.45, 7) is 2.42. The van der Waals surface area contributed by atoms with E-state index in [1.165, 1.54) is 0 Å². The number of carbonyl (C=O) groups excluding carboxylic acids is 1. The Balaban J connectivity index is 2.18. The van der Waals surface area contributed by atoms with E-state index >= 15 is 0 Å². The van der Waals surface area contributed by atoms with Gasteiger partial charge >= 0.3 is 0 Å². The number of nitrogens with zero attached hydrogens (tertiary/aromatic N) is 2. The standard InChI is InChI=1S/C15H17N3O2S/c1-3-18(13-8-5-9-14(17-13)20-2)15(19)21-12-7-4-6-11(16)10-12/h4-10H,3,16H2,1-2H3. The number of methoxy groups -OCH3 is 1. The van der Waals surface area contributed by atoms with Gasteiger partial charge in [0, 0.05) is 23.2 Å². The highest BCUT2D eigenvalue weighted by atomic mass is 32.2. The maximum absolute atomic E-state index is 12.4. The molecule has 6 heteroatoms. The van der Waals surface area contributed by atoms with Crippen LogP contribution in [-0.2, 0) is 0 Å². The Bertz CT molecular complexity index is 634. The summed E-state index contributed by atoms with van der Waals surface area (Å²) in [7, 11) is 1.55. The monoisotopic (exact) mass is 303 g/mol. The van der Waals surface area contributed by atoms with Gasteiger partial charge in [0.05, 0.1) is 7.11 Å². The molecule has 21 heavy (non-hydrogen) atoms. The molecule has 5 nitrogen and oxygen atoms in total. The quantitative estimate of drug-likeness (QED) is 0.692. The van der Waals surface area contributed by atoms with E-state index in [4.69, 9.17) is 10.5 Å². The molecule has 2 N–H and O–H groups in total. The second-order valence-corrected chi connectivity index (χ2v) is 5.25. The number of thioether (sulfide) groups is 1. The summed E-state index contributed by atoms with van der Waals surface area (Å²) < 4.78 is 5.09. The van der Waals surface area contributed by atoms with Gasteiger partial charge in [-0.1, -0.05) is 12.1 Å². The highest BCUT2D eigenvalue weighted by Gasteiger charge is 2.17. The minimum Gasteiger partial charge on any atom is -0.481 e. The van der Waals surface area contributed by atoms with E-state index in [9.17, 15) is 4.79 Å². The minimum atomic E-state index is -0.108. The number of hydrogen-bond donors (Lipinski definition) is 1. The molecule has 0 fully saturated rings.